The first-order valence-electron chi connectivity index (χ1n) is 8.26. The molecule has 1 saturated heterocycles. The summed E-state index contributed by atoms with van der Waals surface area (Å²) in [6.07, 6.45) is 1.67. The summed E-state index contributed by atoms with van der Waals surface area (Å²) < 4.78 is 5.31. The number of hydrogen-bond acceptors (Lipinski definition) is 6. The van der Waals surface area contributed by atoms with Gasteiger partial charge in [0.05, 0.1) is 12.0 Å². The first-order valence-corrected chi connectivity index (χ1v) is 9.45. The summed E-state index contributed by atoms with van der Waals surface area (Å²) in [6, 6.07) is 14.1. The number of aromatic hydroxyl groups is 1. The second-order valence-corrected chi connectivity index (χ2v) is 7.26. The van der Waals surface area contributed by atoms with Crippen molar-refractivity contribution in [2.24, 2.45) is 4.99 Å². The van der Waals surface area contributed by atoms with Crippen LogP contribution >= 0.6 is 23.4 Å². The standard InChI is InChI=1S/C20H14ClN3O3S/c1-27-15-8-4-5-11-9-12(18(21)23-17(11)15)10-16-19(26)24-20(28-16)22-13-6-2-3-7-14(13)25/h2-10,25H,1H3,(H,22,24,26)/b16-10-. The van der Waals surface area contributed by atoms with Gasteiger partial charge in [0.2, 0.25) is 0 Å². The van der Waals surface area contributed by atoms with E-state index in [1.807, 2.05) is 24.3 Å². The third kappa shape index (κ3) is 3.54. The summed E-state index contributed by atoms with van der Waals surface area (Å²) >= 11 is 7.50. The van der Waals surface area contributed by atoms with E-state index >= 15 is 0 Å². The topological polar surface area (TPSA) is 83.8 Å². The van der Waals surface area contributed by atoms with Crippen molar-refractivity contribution in [3.05, 3.63) is 64.2 Å². The summed E-state index contributed by atoms with van der Waals surface area (Å²) in [5.74, 6) is 0.377. The van der Waals surface area contributed by atoms with E-state index in [1.54, 1.807) is 31.4 Å². The third-order valence-corrected chi connectivity index (χ3v) is 5.26. The molecule has 1 aliphatic rings. The summed E-state index contributed by atoms with van der Waals surface area (Å²) in [7, 11) is 1.57. The number of aliphatic imine (C=N–C) groups is 1. The lowest BCUT2D eigenvalue weighted by Crippen LogP contribution is -2.19. The lowest BCUT2D eigenvalue weighted by Gasteiger charge is -2.07. The predicted octanol–water partition coefficient (Wildman–Crippen LogP) is 4.49. The van der Waals surface area contributed by atoms with E-state index in [0.29, 0.717) is 32.6 Å². The maximum absolute atomic E-state index is 12.3. The number of amidine groups is 1. The number of amides is 1. The van der Waals surface area contributed by atoms with Crippen molar-refractivity contribution >= 4 is 57.1 Å². The van der Waals surface area contributed by atoms with Crippen molar-refractivity contribution in [1.82, 2.24) is 10.3 Å². The molecule has 0 radical (unpaired) electrons. The fourth-order valence-electron chi connectivity index (χ4n) is 2.72. The molecule has 8 heteroatoms. The highest BCUT2D eigenvalue weighted by atomic mass is 35.5. The minimum Gasteiger partial charge on any atom is -0.506 e. The third-order valence-electron chi connectivity index (χ3n) is 4.05. The average molecular weight is 412 g/mol. The van der Waals surface area contributed by atoms with E-state index in [4.69, 9.17) is 16.3 Å². The molecule has 1 fully saturated rings. The molecular formula is C20H14ClN3O3S. The molecule has 0 saturated carbocycles. The Morgan fingerprint density at radius 1 is 1.25 bits per heavy atom. The van der Waals surface area contributed by atoms with Crippen LogP contribution in [0.15, 0.2) is 58.4 Å². The number of phenols is 1. The summed E-state index contributed by atoms with van der Waals surface area (Å²) in [5, 5.41) is 14.0. The largest absolute Gasteiger partial charge is 0.506 e. The van der Waals surface area contributed by atoms with Gasteiger partial charge in [0.15, 0.2) is 5.17 Å². The van der Waals surface area contributed by atoms with Gasteiger partial charge in [-0.05, 0) is 42.1 Å². The van der Waals surface area contributed by atoms with E-state index in [0.717, 1.165) is 5.39 Å². The molecule has 0 aliphatic carbocycles. The zero-order chi connectivity index (χ0) is 19.7. The van der Waals surface area contributed by atoms with Gasteiger partial charge in [-0.3, -0.25) is 4.79 Å². The Morgan fingerprint density at radius 3 is 2.86 bits per heavy atom. The molecule has 0 unspecified atom stereocenters. The number of para-hydroxylation sites is 3. The highest BCUT2D eigenvalue weighted by Gasteiger charge is 2.24. The van der Waals surface area contributed by atoms with Gasteiger partial charge >= 0.3 is 0 Å². The first-order chi connectivity index (χ1) is 13.5. The van der Waals surface area contributed by atoms with Crippen LogP contribution in [0.5, 0.6) is 11.5 Å². The molecule has 1 amide bonds. The molecule has 1 aliphatic heterocycles. The second kappa shape index (κ2) is 7.53. The van der Waals surface area contributed by atoms with Crippen molar-refractivity contribution in [3.8, 4) is 11.5 Å². The molecular weight excluding hydrogens is 398 g/mol. The quantitative estimate of drug-likeness (QED) is 0.490. The lowest BCUT2D eigenvalue weighted by atomic mass is 10.1. The highest BCUT2D eigenvalue weighted by molar-refractivity contribution is 8.18. The number of thioether (sulfide) groups is 1. The van der Waals surface area contributed by atoms with Crippen LogP contribution < -0.4 is 10.1 Å². The first kappa shape index (κ1) is 18.3. The number of carbonyl (C=O) groups is 1. The Hall–Kier alpha value is -3.03. The molecule has 0 bridgehead atoms. The van der Waals surface area contributed by atoms with Gasteiger partial charge < -0.3 is 15.2 Å². The van der Waals surface area contributed by atoms with Gasteiger partial charge in [-0.25, -0.2) is 9.98 Å². The number of phenolic OH excluding ortho intramolecular Hbond substituents is 1. The van der Waals surface area contributed by atoms with Crippen LogP contribution in [-0.4, -0.2) is 28.3 Å². The molecule has 28 heavy (non-hydrogen) atoms. The van der Waals surface area contributed by atoms with E-state index < -0.39 is 0 Å². The monoisotopic (exact) mass is 411 g/mol. The summed E-state index contributed by atoms with van der Waals surface area (Å²) in [4.78, 5) is 21.4. The molecule has 1 aromatic heterocycles. The van der Waals surface area contributed by atoms with E-state index in [2.05, 4.69) is 15.3 Å². The number of methoxy groups -OCH3 is 1. The number of hydrogen-bond donors (Lipinski definition) is 2. The van der Waals surface area contributed by atoms with Crippen molar-refractivity contribution in [3.63, 3.8) is 0 Å². The Labute approximate surface area is 169 Å². The van der Waals surface area contributed by atoms with Gasteiger partial charge in [0, 0.05) is 10.9 Å². The molecule has 4 rings (SSSR count). The van der Waals surface area contributed by atoms with Crippen LogP contribution in [0, 0.1) is 0 Å². The van der Waals surface area contributed by atoms with Gasteiger partial charge in [0.1, 0.15) is 27.9 Å². The fourth-order valence-corrected chi connectivity index (χ4v) is 3.74. The molecule has 2 N–H and O–H groups in total. The van der Waals surface area contributed by atoms with Gasteiger partial charge in [-0.1, -0.05) is 35.9 Å². The van der Waals surface area contributed by atoms with Gasteiger partial charge in [-0.15, -0.1) is 0 Å². The Kier molecular flexibility index (Phi) is 4.93. The zero-order valence-corrected chi connectivity index (χ0v) is 16.2. The highest BCUT2D eigenvalue weighted by Crippen LogP contribution is 2.33. The van der Waals surface area contributed by atoms with Crippen molar-refractivity contribution in [2.45, 2.75) is 0 Å². The van der Waals surface area contributed by atoms with Crippen LogP contribution in [0.3, 0.4) is 0 Å². The number of benzene rings is 2. The van der Waals surface area contributed by atoms with E-state index in [-0.39, 0.29) is 16.8 Å². The Balaban J connectivity index is 1.69. The number of nitrogens with zero attached hydrogens (tertiary/aromatic N) is 2. The number of fused-ring (bicyclic) bond motifs is 1. The maximum atomic E-state index is 12.3. The number of ether oxygens (including phenoxy) is 1. The van der Waals surface area contributed by atoms with Gasteiger partial charge in [0.25, 0.3) is 5.91 Å². The minimum absolute atomic E-state index is 0.0398. The van der Waals surface area contributed by atoms with Crippen LogP contribution in [0.1, 0.15) is 5.56 Å². The number of pyridine rings is 1. The molecule has 3 aromatic rings. The molecule has 2 heterocycles. The number of nitrogens with one attached hydrogen (secondary N) is 1. The lowest BCUT2D eigenvalue weighted by molar-refractivity contribution is -0.115. The van der Waals surface area contributed by atoms with Crippen LogP contribution in [0.2, 0.25) is 5.15 Å². The second-order valence-electron chi connectivity index (χ2n) is 5.87. The van der Waals surface area contributed by atoms with Crippen molar-refractivity contribution in [2.75, 3.05) is 7.11 Å². The number of halogens is 1. The SMILES string of the molecule is COc1cccc2cc(/C=C3\SC(=Nc4ccccc4O)NC3=O)c(Cl)nc12. The fraction of sp³-hybridized carbons (Fsp3) is 0.0500. The van der Waals surface area contributed by atoms with E-state index in [9.17, 15) is 9.90 Å². The van der Waals surface area contributed by atoms with Crippen LogP contribution in [0.25, 0.3) is 17.0 Å². The smallest absolute Gasteiger partial charge is 0.264 e. The van der Waals surface area contributed by atoms with Crippen molar-refractivity contribution < 1.29 is 14.6 Å². The minimum atomic E-state index is -0.291. The molecule has 0 atom stereocenters. The normalized spacial score (nSPS) is 16.7. The molecule has 0 spiro atoms. The average Bonchev–Trinajstić information content (AvgIpc) is 3.03. The van der Waals surface area contributed by atoms with Crippen molar-refractivity contribution in [1.29, 1.82) is 0 Å². The Bertz CT molecular complexity index is 1160. The number of carbonyl (C=O) groups excluding carboxylic acids is 1. The molecule has 6 nitrogen and oxygen atoms in total. The molecule has 140 valence electrons. The number of aromatic nitrogens is 1. The predicted molar refractivity (Wildman–Crippen MR) is 112 cm³/mol. The van der Waals surface area contributed by atoms with E-state index in [1.165, 1.54) is 17.8 Å². The zero-order valence-electron chi connectivity index (χ0n) is 14.6. The maximum Gasteiger partial charge on any atom is 0.264 e. The van der Waals surface area contributed by atoms with Crippen LogP contribution in [-0.2, 0) is 4.79 Å². The Morgan fingerprint density at radius 2 is 2.07 bits per heavy atom. The molecule has 2 aromatic carbocycles. The van der Waals surface area contributed by atoms with Gasteiger partial charge in [-0.2, -0.15) is 0 Å². The summed E-state index contributed by atoms with van der Waals surface area (Å²) in [6.45, 7) is 0. The van der Waals surface area contributed by atoms with Crippen LogP contribution in [0.4, 0.5) is 5.69 Å². The number of rotatable bonds is 3. The summed E-state index contributed by atoms with van der Waals surface area (Å²) in [5.41, 5.74) is 1.65.